The standard InChI is InChI=1S/C11H15NS/c1-10(9-12(2)3)13-11-7-5-4-6-8-11/h4-8H,1,9H2,2-3H3. The number of hydrogen-bond donors (Lipinski definition) is 0. The summed E-state index contributed by atoms with van der Waals surface area (Å²) >= 11 is 1.74. The number of nitrogens with zero attached hydrogens (tertiary/aromatic N) is 1. The summed E-state index contributed by atoms with van der Waals surface area (Å²) in [4.78, 5) is 4.56. The molecule has 0 aromatic heterocycles. The molecular formula is C11H15NS. The lowest BCUT2D eigenvalue weighted by Crippen LogP contribution is -2.13. The fourth-order valence-electron chi connectivity index (χ4n) is 1.04. The van der Waals surface area contributed by atoms with Gasteiger partial charge in [-0.05, 0) is 31.1 Å². The van der Waals surface area contributed by atoms with Crippen molar-refractivity contribution in [2.75, 3.05) is 20.6 Å². The molecule has 1 aromatic rings. The predicted molar refractivity (Wildman–Crippen MR) is 60.0 cm³/mol. The monoisotopic (exact) mass is 193 g/mol. The zero-order chi connectivity index (χ0) is 9.68. The summed E-state index contributed by atoms with van der Waals surface area (Å²) in [6, 6.07) is 10.3. The molecule has 0 saturated carbocycles. The van der Waals surface area contributed by atoms with Crippen molar-refractivity contribution in [3.63, 3.8) is 0 Å². The number of likely N-dealkylation sites (N-methyl/N-ethyl adjacent to an activating group) is 1. The van der Waals surface area contributed by atoms with Crippen LogP contribution in [-0.4, -0.2) is 25.5 Å². The van der Waals surface area contributed by atoms with Crippen molar-refractivity contribution >= 4 is 11.8 Å². The van der Waals surface area contributed by atoms with E-state index in [1.165, 1.54) is 9.80 Å². The molecule has 0 radical (unpaired) electrons. The van der Waals surface area contributed by atoms with Crippen LogP contribution in [-0.2, 0) is 0 Å². The van der Waals surface area contributed by atoms with Crippen LogP contribution < -0.4 is 0 Å². The van der Waals surface area contributed by atoms with Crippen LogP contribution in [0.5, 0.6) is 0 Å². The Kier molecular flexibility index (Phi) is 4.06. The van der Waals surface area contributed by atoms with Crippen molar-refractivity contribution in [3.05, 3.63) is 41.8 Å². The van der Waals surface area contributed by atoms with E-state index in [9.17, 15) is 0 Å². The maximum absolute atomic E-state index is 4.01. The lowest BCUT2D eigenvalue weighted by Gasteiger charge is -2.11. The molecule has 1 nitrogen and oxygen atoms in total. The van der Waals surface area contributed by atoms with Crippen LogP contribution in [0.2, 0.25) is 0 Å². The van der Waals surface area contributed by atoms with E-state index >= 15 is 0 Å². The third kappa shape index (κ3) is 4.15. The molecule has 0 aliphatic heterocycles. The van der Waals surface area contributed by atoms with Crippen LogP contribution in [0.15, 0.2) is 46.7 Å². The first-order chi connectivity index (χ1) is 6.18. The molecule has 0 aliphatic rings. The van der Waals surface area contributed by atoms with Gasteiger partial charge in [0.2, 0.25) is 0 Å². The van der Waals surface area contributed by atoms with Crippen LogP contribution in [0, 0.1) is 0 Å². The highest BCUT2D eigenvalue weighted by Crippen LogP contribution is 2.24. The summed E-state index contributed by atoms with van der Waals surface area (Å²) in [6.45, 7) is 4.94. The number of thioether (sulfide) groups is 1. The van der Waals surface area contributed by atoms with Crippen LogP contribution in [0.25, 0.3) is 0 Å². The van der Waals surface area contributed by atoms with Gasteiger partial charge >= 0.3 is 0 Å². The Bertz CT molecular complexity index is 267. The highest BCUT2D eigenvalue weighted by atomic mass is 32.2. The normalized spacial score (nSPS) is 10.4. The van der Waals surface area contributed by atoms with E-state index in [0.29, 0.717) is 0 Å². The van der Waals surface area contributed by atoms with Crippen molar-refractivity contribution in [2.24, 2.45) is 0 Å². The summed E-state index contributed by atoms with van der Waals surface area (Å²) in [5.41, 5.74) is 0. The molecule has 1 rings (SSSR count). The maximum atomic E-state index is 4.01. The van der Waals surface area contributed by atoms with Gasteiger partial charge < -0.3 is 4.90 Å². The molecule has 0 aliphatic carbocycles. The summed E-state index contributed by atoms with van der Waals surface area (Å²) < 4.78 is 0. The lowest BCUT2D eigenvalue weighted by molar-refractivity contribution is 0.454. The molecule has 0 saturated heterocycles. The fraction of sp³-hybridized carbons (Fsp3) is 0.273. The second-order valence-corrected chi connectivity index (χ2v) is 4.44. The smallest absolute Gasteiger partial charge is 0.0285 e. The molecule has 0 atom stereocenters. The Morgan fingerprint density at radius 3 is 2.46 bits per heavy atom. The third-order valence-corrected chi connectivity index (χ3v) is 2.42. The molecule has 0 heterocycles. The van der Waals surface area contributed by atoms with E-state index in [1.54, 1.807) is 11.8 Å². The molecule has 1 aromatic carbocycles. The minimum Gasteiger partial charge on any atom is -0.305 e. The first-order valence-corrected chi connectivity index (χ1v) is 5.05. The van der Waals surface area contributed by atoms with Gasteiger partial charge in [0, 0.05) is 11.4 Å². The highest BCUT2D eigenvalue weighted by molar-refractivity contribution is 8.03. The average Bonchev–Trinajstić information content (AvgIpc) is 2.04. The number of rotatable bonds is 4. The summed E-state index contributed by atoms with van der Waals surface area (Å²) in [5.74, 6) is 0. The second-order valence-electron chi connectivity index (χ2n) is 3.19. The third-order valence-electron chi connectivity index (χ3n) is 1.50. The highest BCUT2D eigenvalue weighted by Gasteiger charge is 1.98. The summed E-state index contributed by atoms with van der Waals surface area (Å²) in [6.07, 6.45) is 0. The van der Waals surface area contributed by atoms with Gasteiger partial charge in [0.15, 0.2) is 0 Å². The fourth-order valence-corrected chi connectivity index (χ4v) is 1.99. The van der Waals surface area contributed by atoms with Crippen molar-refractivity contribution in [1.29, 1.82) is 0 Å². The van der Waals surface area contributed by atoms with Crippen molar-refractivity contribution in [2.45, 2.75) is 4.90 Å². The first kappa shape index (κ1) is 10.4. The minimum absolute atomic E-state index is 0.930. The van der Waals surface area contributed by atoms with Crippen molar-refractivity contribution in [3.8, 4) is 0 Å². The largest absolute Gasteiger partial charge is 0.305 e. The van der Waals surface area contributed by atoms with Crippen LogP contribution >= 0.6 is 11.8 Å². The Morgan fingerprint density at radius 1 is 1.31 bits per heavy atom. The first-order valence-electron chi connectivity index (χ1n) is 4.24. The molecule has 2 heteroatoms. The van der Waals surface area contributed by atoms with Gasteiger partial charge in [-0.2, -0.15) is 0 Å². The van der Waals surface area contributed by atoms with Gasteiger partial charge in [-0.15, -0.1) is 0 Å². The van der Waals surface area contributed by atoms with Gasteiger partial charge in [-0.25, -0.2) is 0 Å². The molecule has 0 spiro atoms. The van der Waals surface area contributed by atoms with Gasteiger partial charge in [0.25, 0.3) is 0 Å². The van der Waals surface area contributed by atoms with Crippen molar-refractivity contribution in [1.82, 2.24) is 4.90 Å². The molecule has 70 valence electrons. The van der Waals surface area contributed by atoms with Crippen LogP contribution in [0.3, 0.4) is 0 Å². The van der Waals surface area contributed by atoms with Gasteiger partial charge in [0.05, 0.1) is 0 Å². The van der Waals surface area contributed by atoms with Gasteiger partial charge in [-0.1, -0.05) is 36.5 Å². The van der Waals surface area contributed by atoms with Gasteiger partial charge in [-0.3, -0.25) is 0 Å². The quantitative estimate of drug-likeness (QED) is 0.676. The maximum Gasteiger partial charge on any atom is 0.0285 e. The summed E-state index contributed by atoms with van der Waals surface area (Å²) in [5, 5.41) is 0. The lowest BCUT2D eigenvalue weighted by atomic mass is 10.4. The second kappa shape index (κ2) is 5.10. The number of benzene rings is 1. The topological polar surface area (TPSA) is 3.24 Å². The molecule has 13 heavy (non-hydrogen) atoms. The molecular weight excluding hydrogens is 178 g/mol. The molecule has 0 amide bonds. The molecule has 0 unspecified atom stereocenters. The van der Waals surface area contributed by atoms with Crippen LogP contribution in [0.4, 0.5) is 0 Å². The predicted octanol–water partition coefficient (Wildman–Crippen LogP) is 2.85. The molecule has 0 bridgehead atoms. The zero-order valence-electron chi connectivity index (χ0n) is 8.16. The van der Waals surface area contributed by atoms with E-state index in [0.717, 1.165) is 6.54 Å². The zero-order valence-corrected chi connectivity index (χ0v) is 8.97. The Balaban J connectivity index is 2.46. The van der Waals surface area contributed by atoms with E-state index in [-0.39, 0.29) is 0 Å². The average molecular weight is 193 g/mol. The number of hydrogen-bond acceptors (Lipinski definition) is 2. The van der Waals surface area contributed by atoms with E-state index in [2.05, 4.69) is 37.7 Å². The van der Waals surface area contributed by atoms with E-state index < -0.39 is 0 Å². The van der Waals surface area contributed by atoms with E-state index in [4.69, 9.17) is 0 Å². The Hall–Kier alpha value is -0.730. The van der Waals surface area contributed by atoms with E-state index in [1.807, 2.05) is 18.2 Å². The summed E-state index contributed by atoms with van der Waals surface area (Å²) in [7, 11) is 4.10. The minimum atomic E-state index is 0.930. The Labute approximate surface area is 84.4 Å². The van der Waals surface area contributed by atoms with Gasteiger partial charge in [0.1, 0.15) is 0 Å². The van der Waals surface area contributed by atoms with Crippen molar-refractivity contribution < 1.29 is 0 Å². The molecule has 0 N–H and O–H groups in total. The Morgan fingerprint density at radius 2 is 1.92 bits per heavy atom. The SMILES string of the molecule is C=C(CN(C)C)Sc1ccccc1. The molecule has 0 fully saturated rings. The van der Waals surface area contributed by atoms with Crippen LogP contribution in [0.1, 0.15) is 0 Å².